The van der Waals surface area contributed by atoms with E-state index in [1.807, 2.05) is 45.9 Å². The summed E-state index contributed by atoms with van der Waals surface area (Å²) in [7, 11) is 3.27. The number of aromatic nitrogens is 2. The fraction of sp³-hybridized carbons (Fsp3) is 0.489. The van der Waals surface area contributed by atoms with Crippen molar-refractivity contribution < 1.29 is 28.7 Å². The summed E-state index contributed by atoms with van der Waals surface area (Å²) >= 11 is 0. The predicted octanol–water partition coefficient (Wildman–Crippen LogP) is 6.49. The van der Waals surface area contributed by atoms with Crippen LogP contribution in [0.15, 0.2) is 60.8 Å². The number of benzene rings is 2. The molecule has 0 radical (unpaired) electrons. The quantitative estimate of drug-likeness (QED) is 0.109. The minimum atomic E-state index is -0.860. The van der Waals surface area contributed by atoms with Crippen molar-refractivity contribution in [3.8, 4) is 22.4 Å². The molecule has 1 aliphatic heterocycles. The predicted molar refractivity (Wildman–Crippen MR) is 223 cm³/mol. The fourth-order valence-electron chi connectivity index (χ4n) is 8.17. The van der Waals surface area contributed by atoms with Crippen molar-refractivity contribution in [2.45, 2.75) is 105 Å². The van der Waals surface area contributed by atoms with Crippen LogP contribution in [0.5, 0.6) is 0 Å². The van der Waals surface area contributed by atoms with Crippen molar-refractivity contribution in [1.29, 1.82) is 0 Å². The third-order valence-corrected chi connectivity index (χ3v) is 11.0. The molecular formula is C45H60N6O6. The second kappa shape index (κ2) is 18.9. The molecule has 0 saturated carbocycles. The molecule has 3 unspecified atom stereocenters. The summed E-state index contributed by atoms with van der Waals surface area (Å²) in [6, 6.07) is 17.2. The smallest absolute Gasteiger partial charge is 0.293 e. The molecule has 4 aromatic rings. The van der Waals surface area contributed by atoms with Crippen molar-refractivity contribution in [3.05, 3.63) is 77.6 Å². The highest BCUT2D eigenvalue weighted by molar-refractivity contribution is 5.95. The zero-order valence-corrected chi connectivity index (χ0v) is 35.0. The number of hydrogen-bond donors (Lipinski definition) is 2. The lowest BCUT2D eigenvalue weighted by Gasteiger charge is -2.35. The maximum atomic E-state index is 14.1. The molecule has 0 spiro atoms. The second-order valence-corrected chi connectivity index (χ2v) is 16.5. The number of rotatable bonds is 18. The van der Waals surface area contributed by atoms with Crippen LogP contribution in [0, 0.1) is 11.3 Å². The summed E-state index contributed by atoms with van der Waals surface area (Å²) in [5.41, 5.74) is 10.8. The van der Waals surface area contributed by atoms with Crippen molar-refractivity contribution in [3.63, 3.8) is 0 Å². The highest BCUT2D eigenvalue weighted by Crippen LogP contribution is 2.41. The van der Waals surface area contributed by atoms with Gasteiger partial charge in [0.15, 0.2) is 0 Å². The Morgan fingerprint density at radius 2 is 1.84 bits per heavy atom. The number of amides is 3. The van der Waals surface area contributed by atoms with E-state index >= 15 is 0 Å². The van der Waals surface area contributed by atoms with Gasteiger partial charge in [-0.05, 0) is 92.5 Å². The largest absolute Gasteiger partial charge is 0.467 e. The molecule has 2 aromatic carbocycles. The molecule has 3 amide bonds. The monoisotopic (exact) mass is 780 g/mol. The van der Waals surface area contributed by atoms with Crippen LogP contribution < -0.4 is 10.7 Å². The number of aryl methyl sites for hydroxylation is 1. The highest BCUT2D eigenvalue weighted by atomic mass is 16.5. The molecule has 1 aliphatic rings. The standard InChI is InChI=1S/C45H60N6O6/c1-10-50-39-19-18-34(24-36(39)37(25-45(6,7)26-57-28-53)42(50)35-17-12-20-46-40(35)31(5)56-9)33-16-11-15-32(22-33)23-38(44(55)51-21-13-14-30(4)48-51)47-43(54)41(29(2)3)49(8)27-52/h11-12,15-20,22,24,27-31,38,41,48H,10,13-14,21,23,25-26H2,1-9H3,(H,47,54)/t30-,31?,38?,41?/m1/s1. The summed E-state index contributed by atoms with van der Waals surface area (Å²) in [5, 5.41) is 5.74. The molecule has 2 aromatic heterocycles. The van der Waals surface area contributed by atoms with E-state index in [-0.39, 0.29) is 48.3 Å². The Labute approximate surface area is 337 Å². The van der Waals surface area contributed by atoms with Gasteiger partial charge in [-0.25, -0.2) is 5.43 Å². The molecule has 57 heavy (non-hydrogen) atoms. The van der Waals surface area contributed by atoms with Gasteiger partial charge < -0.3 is 24.3 Å². The molecule has 306 valence electrons. The summed E-state index contributed by atoms with van der Waals surface area (Å²) in [6.07, 6.45) is 4.90. The van der Waals surface area contributed by atoms with Gasteiger partial charge in [-0.15, -0.1) is 0 Å². The Hall–Kier alpha value is -5.07. The lowest BCUT2D eigenvalue weighted by molar-refractivity contribution is -0.143. The molecule has 5 rings (SSSR count). The van der Waals surface area contributed by atoms with Crippen LogP contribution in [0.25, 0.3) is 33.3 Å². The van der Waals surface area contributed by atoms with Gasteiger partial charge in [0.1, 0.15) is 12.1 Å². The molecule has 12 heteroatoms. The van der Waals surface area contributed by atoms with E-state index in [4.69, 9.17) is 14.5 Å². The van der Waals surface area contributed by atoms with Crippen LogP contribution in [0.2, 0.25) is 0 Å². The van der Waals surface area contributed by atoms with Crippen LogP contribution >= 0.6 is 0 Å². The summed E-state index contributed by atoms with van der Waals surface area (Å²) in [4.78, 5) is 57.0. The number of hydrazine groups is 1. The van der Waals surface area contributed by atoms with E-state index in [9.17, 15) is 19.2 Å². The SMILES string of the molecule is CCn1c(-c2cccnc2C(C)OC)c(CC(C)(C)COC=O)c2cc(-c3cccc(CC(NC(=O)C(C(C)C)N(C)C=O)C(=O)N4CCC[C@@H](C)N4)c3)ccc21. The Kier molecular flexibility index (Phi) is 14.3. The number of carbonyl (C=O) groups is 4. The van der Waals surface area contributed by atoms with E-state index in [1.54, 1.807) is 25.4 Å². The highest BCUT2D eigenvalue weighted by Gasteiger charge is 2.34. The number of nitrogens with zero attached hydrogens (tertiary/aromatic N) is 4. The topological polar surface area (TPSA) is 135 Å². The summed E-state index contributed by atoms with van der Waals surface area (Å²) < 4.78 is 13.4. The normalized spacial score (nSPS) is 16.2. The maximum absolute atomic E-state index is 14.1. The fourth-order valence-corrected chi connectivity index (χ4v) is 8.17. The first-order valence-electron chi connectivity index (χ1n) is 20.1. The number of nitrogens with one attached hydrogen (secondary N) is 2. The molecule has 0 bridgehead atoms. The second-order valence-electron chi connectivity index (χ2n) is 16.5. The lowest BCUT2D eigenvalue weighted by Crippen LogP contribution is -2.60. The average molecular weight is 781 g/mol. The van der Waals surface area contributed by atoms with Crippen LogP contribution in [-0.4, -0.2) is 89.6 Å². The average Bonchev–Trinajstić information content (AvgIpc) is 3.50. The van der Waals surface area contributed by atoms with Gasteiger partial charge in [0, 0.05) is 67.8 Å². The molecule has 2 N–H and O–H groups in total. The molecule has 1 saturated heterocycles. The first-order valence-corrected chi connectivity index (χ1v) is 20.1. The number of ether oxygens (including phenoxy) is 2. The number of methoxy groups -OCH3 is 1. The van der Waals surface area contributed by atoms with Crippen LogP contribution in [0.3, 0.4) is 0 Å². The Balaban J connectivity index is 1.59. The van der Waals surface area contributed by atoms with Gasteiger partial charge in [0.25, 0.3) is 12.4 Å². The zero-order valence-electron chi connectivity index (χ0n) is 35.0. The van der Waals surface area contributed by atoms with Gasteiger partial charge in [-0.2, -0.15) is 0 Å². The van der Waals surface area contributed by atoms with E-state index in [2.05, 4.69) is 72.5 Å². The van der Waals surface area contributed by atoms with Gasteiger partial charge >= 0.3 is 0 Å². The van der Waals surface area contributed by atoms with Crippen molar-refractivity contribution in [2.24, 2.45) is 11.3 Å². The van der Waals surface area contributed by atoms with E-state index < -0.39 is 12.1 Å². The molecule has 0 aliphatic carbocycles. The molecular weight excluding hydrogens is 721 g/mol. The molecule has 12 nitrogen and oxygen atoms in total. The Bertz CT molecular complexity index is 2040. The van der Waals surface area contributed by atoms with Crippen LogP contribution in [0.4, 0.5) is 0 Å². The maximum Gasteiger partial charge on any atom is 0.293 e. The van der Waals surface area contributed by atoms with E-state index in [0.717, 1.165) is 62.9 Å². The zero-order chi connectivity index (χ0) is 41.4. The molecule has 3 heterocycles. The summed E-state index contributed by atoms with van der Waals surface area (Å²) in [5.74, 6) is -0.743. The number of fused-ring (bicyclic) bond motifs is 1. The van der Waals surface area contributed by atoms with E-state index in [1.165, 1.54) is 4.90 Å². The lowest BCUT2D eigenvalue weighted by atomic mass is 9.84. The Morgan fingerprint density at radius 1 is 1.09 bits per heavy atom. The Morgan fingerprint density at radius 3 is 2.51 bits per heavy atom. The molecule has 1 fully saturated rings. The first kappa shape index (κ1) is 43.1. The van der Waals surface area contributed by atoms with Gasteiger partial charge in [0.2, 0.25) is 12.3 Å². The number of likely N-dealkylation sites (N-methyl/N-ethyl adjacent to an activating group) is 1. The minimum Gasteiger partial charge on any atom is -0.467 e. The molecule has 4 atom stereocenters. The van der Waals surface area contributed by atoms with Crippen molar-refractivity contribution in [1.82, 2.24) is 30.2 Å². The van der Waals surface area contributed by atoms with Crippen LogP contribution in [0.1, 0.15) is 84.2 Å². The van der Waals surface area contributed by atoms with Crippen molar-refractivity contribution >= 4 is 35.6 Å². The van der Waals surface area contributed by atoms with Crippen molar-refractivity contribution in [2.75, 3.05) is 27.3 Å². The third kappa shape index (κ3) is 9.91. The third-order valence-electron chi connectivity index (χ3n) is 11.0. The van der Waals surface area contributed by atoms with Gasteiger partial charge in [-0.3, -0.25) is 29.2 Å². The number of carbonyl (C=O) groups excluding carboxylic acids is 4. The van der Waals surface area contributed by atoms with Crippen LogP contribution in [-0.2, 0) is 48.0 Å². The minimum absolute atomic E-state index is 0.131. The van der Waals surface area contributed by atoms with E-state index in [0.29, 0.717) is 32.4 Å². The summed E-state index contributed by atoms with van der Waals surface area (Å²) in [6.45, 7) is 16.2. The van der Waals surface area contributed by atoms with Gasteiger partial charge in [0.05, 0.1) is 24.1 Å². The first-order chi connectivity index (χ1) is 27.2. The van der Waals surface area contributed by atoms with Gasteiger partial charge in [-0.1, -0.05) is 58.0 Å². The number of hydrogen-bond acceptors (Lipinski definition) is 8. The number of pyridine rings is 1.